The summed E-state index contributed by atoms with van der Waals surface area (Å²) in [5, 5.41) is 9.95. The first-order valence-electron chi connectivity index (χ1n) is 14.0. The van der Waals surface area contributed by atoms with E-state index in [4.69, 9.17) is 4.74 Å². The van der Waals surface area contributed by atoms with Crippen LogP contribution < -0.4 is 21.3 Å². The van der Waals surface area contributed by atoms with E-state index in [9.17, 15) is 28.8 Å². The van der Waals surface area contributed by atoms with Crippen LogP contribution in [0.3, 0.4) is 0 Å². The Morgan fingerprint density at radius 1 is 0.900 bits per heavy atom. The number of amides is 6. The Kier molecular flexibility index (Phi) is 13.3. The van der Waals surface area contributed by atoms with E-state index in [-0.39, 0.29) is 49.3 Å². The molecule has 0 spiro atoms. The van der Waals surface area contributed by atoms with E-state index < -0.39 is 23.6 Å². The quantitative estimate of drug-likeness (QED) is 0.200. The monoisotopic (exact) mass is 558 g/mol. The molecule has 0 bridgehead atoms. The fraction of sp³-hybridized carbons (Fsp3) is 0.586. The number of anilines is 1. The fourth-order valence-electron chi connectivity index (χ4n) is 4.18. The topological polar surface area (TPSA) is 160 Å². The highest BCUT2D eigenvalue weighted by molar-refractivity contribution is 6.01. The highest BCUT2D eigenvalue weighted by Crippen LogP contribution is 2.14. The lowest BCUT2D eigenvalue weighted by atomic mass is 10.1. The lowest BCUT2D eigenvalue weighted by molar-refractivity contribution is -0.137. The van der Waals surface area contributed by atoms with E-state index in [1.807, 2.05) is 0 Å². The molecule has 0 saturated carbocycles. The number of hydrogen-bond donors (Lipinski definition) is 4. The van der Waals surface area contributed by atoms with Crippen molar-refractivity contribution >= 4 is 41.3 Å². The molecule has 220 valence electrons. The highest BCUT2D eigenvalue weighted by atomic mass is 16.6. The van der Waals surface area contributed by atoms with Crippen molar-refractivity contribution < 1.29 is 33.5 Å². The zero-order valence-electron chi connectivity index (χ0n) is 23.7. The molecule has 11 heteroatoms. The number of nitrogens with one attached hydrogen (secondary N) is 4. The van der Waals surface area contributed by atoms with Crippen LogP contribution in [0.4, 0.5) is 10.5 Å². The van der Waals surface area contributed by atoms with Gasteiger partial charge in [-0.05, 0) is 57.7 Å². The highest BCUT2D eigenvalue weighted by Gasteiger charge is 2.27. The minimum atomic E-state index is -0.719. The van der Waals surface area contributed by atoms with E-state index in [0.717, 1.165) is 38.5 Å². The number of carbonyl (C=O) groups excluding carboxylic acids is 6. The van der Waals surface area contributed by atoms with Gasteiger partial charge in [-0.1, -0.05) is 44.2 Å². The van der Waals surface area contributed by atoms with E-state index in [2.05, 4.69) is 21.3 Å². The van der Waals surface area contributed by atoms with Gasteiger partial charge in [0.25, 0.3) is 0 Å². The van der Waals surface area contributed by atoms with Gasteiger partial charge < -0.3 is 15.4 Å². The smallest absolute Gasteiger partial charge is 0.414 e. The molecule has 1 heterocycles. The van der Waals surface area contributed by atoms with E-state index in [0.29, 0.717) is 24.1 Å². The molecule has 1 atom stereocenters. The second-order valence-corrected chi connectivity index (χ2v) is 11.0. The normalized spacial score (nSPS) is 15.1. The maximum Gasteiger partial charge on any atom is 0.414 e. The van der Waals surface area contributed by atoms with Gasteiger partial charge in [0.1, 0.15) is 11.6 Å². The number of imide groups is 2. The Labute approximate surface area is 235 Å². The molecule has 0 aromatic heterocycles. The van der Waals surface area contributed by atoms with Gasteiger partial charge in [-0.3, -0.25) is 34.6 Å². The third-order valence-corrected chi connectivity index (χ3v) is 6.10. The van der Waals surface area contributed by atoms with E-state index >= 15 is 0 Å². The summed E-state index contributed by atoms with van der Waals surface area (Å²) >= 11 is 0. The summed E-state index contributed by atoms with van der Waals surface area (Å²) in [5.41, 5.74) is 0.662. The standard InChI is InChI=1S/C29H42N4O7/c1-29(2,3)40-28(39)33-24(35)15-10-8-6-4-5-7-9-14-23(34)30-21-13-11-12-20(18-21)19-26(37)31-22-16-17-25(36)32-27(22)38/h11-13,18,22H,4-10,14-17,19H2,1-3H3,(H,30,34)(H,31,37)(H,32,36,38)(H,33,35,39). The Morgan fingerprint density at radius 2 is 1.52 bits per heavy atom. The number of ether oxygens (including phenoxy) is 1. The summed E-state index contributed by atoms with van der Waals surface area (Å²) in [6, 6.07) is 6.30. The van der Waals surface area contributed by atoms with Gasteiger partial charge in [0.2, 0.25) is 29.5 Å². The van der Waals surface area contributed by atoms with Gasteiger partial charge >= 0.3 is 6.09 Å². The molecule has 1 aliphatic heterocycles. The number of rotatable bonds is 14. The van der Waals surface area contributed by atoms with Crippen molar-refractivity contribution in [2.24, 2.45) is 0 Å². The van der Waals surface area contributed by atoms with Crippen molar-refractivity contribution in [1.82, 2.24) is 16.0 Å². The number of hydrogen-bond acceptors (Lipinski definition) is 7. The van der Waals surface area contributed by atoms with Crippen LogP contribution in [0.25, 0.3) is 0 Å². The molecule has 11 nitrogen and oxygen atoms in total. The SMILES string of the molecule is CC(C)(C)OC(=O)NC(=O)CCCCCCCCCC(=O)Nc1cccc(CC(=O)NC2CCC(=O)NC2=O)c1. The lowest BCUT2D eigenvalue weighted by Crippen LogP contribution is -2.52. The number of alkyl carbamates (subject to hydrolysis) is 1. The average Bonchev–Trinajstić information content (AvgIpc) is 2.83. The summed E-state index contributed by atoms with van der Waals surface area (Å²) in [5.74, 6) is -1.59. The van der Waals surface area contributed by atoms with Crippen molar-refractivity contribution in [3.63, 3.8) is 0 Å². The first-order valence-corrected chi connectivity index (χ1v) is 14.0. The summed E-state index contributed by atoms with van der Waals surface area (Å²) < 4.78 is 5.06. The molecular formula is C29H42N4O7. The molecule has 1 fully saturated rings. The third-order valence-electron chi connectivity index (χ3n) is 6.10. The molecule has 1 aromatic rings. The number of piperidine rings is 1. The van der Waals surface area contributed by atoms with Crippen molar-refractivity contribution in [1.29, 1.82) is 0 Å². The first-order chi connectivity index (χ1) is 18.9. The number of carbonyl (C=O) groups is 6. The molecule has 0 aliphatic carbocycles. The molecule has 0 radical (unpaired) electrons. The minimum Gasteiger partial charge on any atom is -0.444 e. The molecule has 4 N–H and O–H groups in total. The maximum atomic E-state index is 12.3. The van der Waals surface area contributed by atoms with Crippen LogP contribution in [-0.4, -0.2) is 47.3 Å². The first kappa shape index (κ1) is 32.5. The lowest BCUT2D eigenvalue weighted by Gasteiger charge is -2.21. The fourth-order valence-corrected chi connectivity index (χ4v) is 4.18. The molecular weight excluding hydrogens is 516 g/mol. The van der Waals surface area contributed by atoms with Crippen LogP contribution in [0, 0.1) is 0 Å². The van der Waals surface area contributed by atoms with Crippen molar-refractivity contribution in [2.75, 3.05) is 5.32 Å². The van der Waals surface area contributed by atoms with Crippen LogP contribution in [0.5, 0.6) is 0 Å². The van der Waals surface area contributed by atoms with Crippen LogP contribution >= 0.6 is 0 Å². The Hall–Kier alpha value is -3.76. The summed E-state index contributed by atoms with van der Waals surface area (Å²) in [6.07, 6.45) is 6.75. The van der Waals surface area contributed by atoms with E-state index in [1.54, 1.807) is 45.0 Å². The third kappa shape index (κ3) is 13.9. The Morgan fingerprint density at radius 3 is 2.15 bits per heavy atom. The maximum absolute atomic E-state index is 12.3. The zero-order valence-corrected chi connectivity index (χ0v) is 23.7. The minimum absolute atomic E-state index is 0.0514. The second kappa shape index (κ2) is 16.4. The van der Waals surface area contributed by atoms with Gasteiger partial charge in [0.15, 0.2) is 0 Å². The van der Waals surface area contributed by atoms with Crippen molar-refractivity contribution in [2.45, 2.75) is 109 Å². The molecule has 2 rings (SSSR count). The van der Waals surface area contributed by atoms with Crippen molar-refractivity contribution in [3.8, 4) is 0 Å². The van der Waals surface area contributed by atoms with Crippen LogP contribution in [0.2, 0.25) is 0 Å². The Bertz CT molecular complexity index is 1060. The van der Waals surface area contributed by atoms with Gasteiger partial charge in [-0.2, -0.15) is 0 Å². The second-order valence-electron chi connectivity index (χ2n) is 11.0. The Balaban J connectivity index is 1.54. The van der Waals surface area contributed by atoms with Gasteiger partial charge in [-0.25, -0.2) is 4.79 Å². The van der Waals surface area contributed by atoms with Gasteiger partial charge in [0, 0.05) is 24.9 Å². The zero-order chi connectivity index (χ0) is 29.5. The predicted octanol–water partition coefficient (Wildman–Crippen LogP) is 3.65. The van der Waals surface area contributed by atoms with Crippen LogP contribution in [0.1, 0.15) is 97.0 Å². The average molecular weight is 559 g/mol. The summed E-state index contributed by atoms with van der Waals surface area (Å²) in [6.45, 7) is 5.21. The predicted molar refractivity (Wildman–Crippen MR) is 149 cm³/mol. The molecule has 1 aliphatic rings. The van der Waals surface area contributed by atoms with Gasteiger partial charge in [-0.15, -0.1) is 0 Å². The van der Waals surface area contributed by atoms with Gasteiger partial charge in [0.05, 0.1) is 6.42 Å². The molecule has 1 saturated heterocycles. The van der Waals surface area contributed by atoms with E-state index in [1.165, 1.54) is 0 Å². The van der Waals surface area contributed by atoms with Crippen LogP contribution in [-0.2, 0) is 35.1 Å². The number of unbranched alkanes of at least 4 members (excludes halogenated alkanes) is 6. The number of benzene rings is 1. The van der Waals surface area contributed by atoms with Crippen molar-refractivity contribution in [3.05, 3.63) is 29.8 Å². The molecule has 1 aromatic carbocycles. The summed E-state index contributed by atoms with van der Waals surface area (Å²) in [4.78, 5) is 71.1. The summed E-state index contributed by atoms with van der Waals surface area (Å²) in [7, 11) is 0. The van der Waals surface area contributed by atoms with Crippen LogP contribution in [0.15, 0.2) is 24.3 Å². The largest absolute Gasteiger partial charge is 0.444 e. The molecule has 1 unspecified atom stereocenters. The molecule has 6 amide bonds. The molecule has 40 heavy (non-hydrogen) atoms.